The summed E-state index contributed by atoms with van der Waals surface area (Å²) in [5.74, 6) is -0.664. The van der Waals surface area contributed by atoms with Gasteiger partial charge < -0.3 is 24.8 Å². The van der Waals surface area contributed by atoms with Gasteiger partial charge in [0.25, 0.3) is 5.91 Å². The Labute approximate surface area is 185 Å². The van der Waals surface area contributed by atoms with Gasteiger partial charge in [-0.3, -0.25) is 14.4 Å². The highest BCUT2D eigenvalue weighted by atomic mass is 16.5. The van der Waals surface area contributed by atoms with E-state index in [0.717, 1.165) is 0 Å². The van der Waals surface area contributed by atoms with Gasteiger partial charge in [0.05, 0.1) is 26.1 Å². The lowest BCUT2D eigenvalue weighted by atomic mass is 10.2. The number of hydrogen-bond acceptors (Lipinski definition) is 7. The number of hydrogen-bond donors (Lipinski definition) is 3. The van der Waals surface area contributed by atoms with E-state index in [0.29, 0.717) is 28.5 Å². The number of nitrogens with one attached hydrogen (secondary N) is 3. The first-order valence-corrected chi connectivity index (χ1v) is 9.71. The van der Waals surface area contributed by atoms with Crippen LogP contribution in [0.25, 0.3) is 0 Å². The molecule has 10 nitrogen and oxygen atoms in total. The SMILES string of the molecule is COc1ccc(NC(=O)C(=O)N/N=C\c2ccc(OCC(=O)NC(C)C)cc2)c(OC)c1. The molecule has 3 amide bonds. The molecule has 0 radical (unpaired) electrons. The van der Waals surface area contributed by atoms with Crippen LogP contribution in [0.5, 0.6) is 17.2 Å². The van der Waals surface area contributed by atoms with Gasteiger partial charge in [-0.1, -0.05) is 0 Å². The smallest absolute Gasteiger partial charge is 0.329 e. The van der Waals surface area contributed by atoms with E-state index in [4.69, 9.17) is 14.2 Å². The molecule has 170 valence electrons. The fourth-order valence-electron chi connectivity index (χ4n) is 2.46. The van der Waals surface area contributed by atoms with Crippen LogP contribution < -0.4 is 30.3 Å². The number of methoxy groups -OCH3 is 2. The van der Waals surface area contributed by atoms with E-state index >= 15 is 0 Å². The lowest BCUT2D eigenvalue weighted by molar-refractivity contribution is -0.136. The number of hydrazone groups is 1. The zero-order valence-electron chi connectivity index (χ0n) is 18.3. The molecule has 0 aliphatic heterocycles. The zero-order chi connectivity index (χ0) is 23.5. The average Bonchev–Trinajstić information content (AvgIpc) is 2.78. The number of ether oxygens (including phenoxy) is 3. The van der Waals surface area contributed by atoms with E-state index in [9.17, 15) is 14.4 Å². The summed E-state index contributed by atoms with van der Waals surface area (Å²) in [6.07, 6.45) is 1.37. The molecule has 0 fully saturated rings. The molecule has 3 N–H and O–H groups in total. The predicted molar refractivity (Wildman–Crippen MR) is 119 cm³/mol. The average molecular weight is 442 g/mol. The van der Waals surface area contributed by atoms with Gasteiger partial charge in [0, 0.05) is 12.1 Å². The second-order valence-electron chi connectivity index (χ2n) is 6.80. The topological polar surface area (TPSA) is 127 Å². The third kappa shape index (κ3) is 7.63. The summed E-state index contributed by atoms with van der Waals surface area (Å²) in [7, 11) is 2.94. The quantitative estimate of drug-likeness (QED) is 0.308. The Kier molecular flexibility index (Phi) is 9.03. The fourth-order valence-corrected chi connectivity index (χ4v) is 2.46. The first-order chi connectivity index (χ1) is 15.3. The number of carbonyl (C=O) groups excluding carboxylic acids is 3. The Hall–Kier alpha value is -4.08. The first-order valence-electron chi connectivity index (χ1n) is 9.71. The van der Waals surface area contributed by atoms with Crippen molar-refractivity contribution in [1.82, 2.24) is 10.7 Å². The predicted octanol–water partition coefficient (Wildman–Crippen LogP) is 1.70. The summed E-state index contributed by atoms with van der Waals surface area (Å²) < 4.78 is 15.7. The van der Waals surface area contributed by atoms with Crippen molar-refractivity contribution in [3.63, 3.8) is 0 Å². The third-order valence-corrected chi connectivity index (χ3v) is 3.94. The molecule has 0 heterocycles. The summed E-state index contributed by atoms with van der Waals surface area (Å²) in [5, 5.41) is 8.95. The van der Waals surface area contributed by atoms with E-state index in [2.05, 4.69) is 21.2 Å². The molecule has 2 aromatic carbocycles. The van der Waals surface area contributed by atoms with Crippen molar-refractivity contribution in [2.24, 2.45) is 5.10 Å². The lowest BCUT2D eigenvalue weighted by Crippen LogP contribution is -2.34. The Bertz CT molecular complexity index is 973. The van der Waals surface area contributed by atoms with Crippen molar-refractivity contribution < 1.29 is 28.6 Å². The van der Waals surface area contributed by atoms with E-state index < -0.39 is 11.8 Å². The van der Waals surface area contributed by atoms with Gasteiger partial charge in [-0.05, 0) is 55.8 Å². The van der Waals surface area contributed by atoms with Crippen molar-refractivity contribution in [1.29, 1.82) is 0 Å². The van der Waals surface area contributed by atoms with Gasteiger partial charge in [0.1, 0.15) is 17.2 Å². The Morgan fingerprint density at radius 1 is 0.969 bits per heavy atom. The van der Waals surface area contributed by atoms with Crippen LogP contribution in [0.3, 0.4) is 0 Å². The molecule has 0 bridgehead atoms. The van der Waals surface area contributed by atoms with Crippen LogP contribution in [-0.2, 0) is 14.4 Å². The minimum Gasteiger partial charge on any atom is -0.497 e. The molecule has 0 spiro atoms. The highest BCUT2D eigenvalue weighted by Crippen LogP contribution is 2.28. The first kappa shape index (κ1) is 24.2. The molecule has 0 aromatic heterocycles. The summed E-state index contributed by atoms with van der Waals surface area (Å²) >= 11 is 0. The molecular weight excluding hydrogens is 416 g/mol. The van der Waals surface area contributed by atoms with Crippen LogP contribution in [0.1, 0.15) is 19.4 Å². The van der Waals surface area contributed by atoms with Crippen molar-refractivity contribution in [2.45, 2.75) is 19.9 Å². The summed E-state index contributed by atoms with van der Waals surface area (Å²) in [6, 6.07) is 11.5. The number of benzene rings is 2. The number of rotatable bonds is 9. The third-order valence-electron chi connectivity index (χ3n) is 3.94. The van der Waals surface area contributed by atoms with E-state index in [1.807, 2.05) is 13.8 Å². The molecule has 10 heteroatoms. The van der Waals surface area contributed by atoms with Gasteiger partial charge in [-0.15, -0.1) is 0 Å². The number of carbonyl (C=O) groups is 3. The molecule has 32 heavy (non-hydrogen) atoms. The van der Waals surface area contributed by atoms with Crippen molar-refractivity contribution >= 4 is 29.6 Å². The molecule has 0 aliphatic rings. The molecule has 0 saturated carbocycles. The van der Waals surface area contributed by atoms with Gasteiger partial charge in [0.15, 0.2) is 6.61 Å². The summed E-state index contributed by atoms with van der Waals surface area (Å²) in [6.45, 7) is 3.64. The second-order valence-corrected chi connectivity index (χ2v) is 6.80. The van der Waals surface area contributed by atoms with E-state index in [1.165, 1.54) is 20.4 Å². The van der Waals surface area contributed by atoms with Crippen LogP contribution >= 0.6 is 0 Å². The highest BCUT2D eigenvalue weighted by molar-refractivity contribution is 6.39. The van der Waals surface area contributed by atoms with Gasteiger partial charge in [-0.25, -0.2) is 5.43 Å². The van der Waals surface area contributed by atoms with Gasteiger partial charge in [0.2, 0.25) is 0 Å². The lowest BCUT2D eigenvalue weighted by Gasteiger charge is -2.10. The van der Waals surface area contributed by atoms with E-state index in [-0.39, 0.29) is 18.6 Å². The molecular formula is C22H26N4O6. The molecule has 0 saturated heterocycles. The molecule has 0 aliphatic carbocycles. The van der Waals surface area contributed by atoms with Crippen LogP contribution in [-0.4, -0.2) is 50.8 Å². The van der Waals surface area contributed by atoms with Gasteiger partial charge >= 0.3 is 11.8 Å². The number of amides is 3. The molecule has 2 aromatic rings. The van der Waals surface area contributed by atoms with Gasteiger partial charge in [-0.2, -0.15) is 5.10 Å². The maximum Gasteiger partial charge on any atom is 0.329 e. The Morgan fingerprint density at radius 3 is 2.28 bits per heavy atom. The minimum absolute atomic E-state index is 0.0419. The monoisotopic (exact) mass is 442 g/mol. The minimum atomic E-state index is -0.949. The van der Waals surface area contributed by atoms with Crippen LogP contribution in [0.15, 0.2) is 47.6 Å². The van der Waals surface area contributed by atoms with Crippen LogP contribution in [0.2, 0.25) is 0 Å². The van der Waals surface area contributed by atoms with Crippen LogP contribution in [0.4, 0.5) is 5.69 Å². The largest absolute Gasteiger partial charge is 0.497 e. The highest BCUT2D eigenvalue weighted by Gasteiger charge is 2.15. The van der Waals surface area contributed by atoms with E-state index in [1.54, 1.807) is 42.5 Å². The Morgan fingerprint density at radius 2 is 1.66 bits per heavy atom. The fraction of sp³-hybridized carbons (Fsp3) is 0.273. The molecule has 0 unspecified atom stereocenters. The van der Waals surface area contributed by atoms with Crippen molar-refractivity contribution in [3.8, 4) is 17.2 Å². The summed E-state index contributed by atoms with van der Waals surface area (Å²) in [4.78, 5) is 35.7. The number of anilines is 1. The molecule has 0 atom stereocenters. The normalized spacial score (nSPS) is 10.5. The maximum absolute atomic E-state index is 12.1. The standard InChI is InChI=1S/C22H26N4O6/c1-14(2)24-20(27)13-32-16-7-5-15(6-8-16)12-23-26-22(29)21(28)25-18-10-9-17(30-3)11-19(18)31-4/h5-12,14H,13H2,1-4H3,(H,24,27)(H,25,28)(H,26,29)/b23-12-. The molecule has 2 rings (SSSR count). The maximum atomic E-state index is 12.1. The summed E-state index contributed by atoms with van der Waals surface area (Å²) in [5.41, 5.74) is 3.12. The zero-order valence-corrected chi connectivity index (χ0v) is 18.3. The van der Waals surface area contributed by atoms with Crippen LogP contribution in [0, 0.1) is 0 Å². The van der Waals surface area contributed by atoms with Crippen molar-refractivity contribution in [3.05, 3.63) is 48.0 Å². The van der Waals surface area contributed by atoms with Crippen molar-refractivity contribution in [2.75, 3.05) is 26.1 Å². The number of nitrogens with zero attached hydrogens (tertiary/aromatic N) is 1. The Balaban J connectivity index is 1.85. The second kappa shape index (κ2) is 11.9.